The average Bonchev–Trinajstić information content (AvgIpc) is 2.55. The summed E-state index contributed by atoms with van der Waals surface area (Å²) in [5.41, 5.74) is 3.31. The highest BCUT2D eigenvalue weighted by atomic mass is 16.3. The molecule has 114 valence electrons. The van der Waals surface area contributed by atoms with Crippen LogP contribution in [-0.4, -0.2) is 17.0 Å². The molecule has 0 aromatic heterocycles. The van der Waals surface area contributed by atoms with Gasteiger partial charge in [-0.15, -0.1) is 0 Å². The molecule has 0 fully saturated rings. The number of para-hydroxylation sites is 1. The Bertz CT molecular complexity index is 664. The van der Waals surface area contributed by atoms with Crippen molar-refractivity contribution in [1.29, 1.82) is 0 Å². The van der Waals surface area contributed by atoms with E-state index in [1.54, 1.807) is 6.07 Å². The highest BCUT2D eigenvalue weighted by Gasteiger charge is 2.31. The van der Waals surface area contributed by atoms with Crippen LogP contribution >= 0.6 is 0 Å². The maximum Gasteiger partial charge on any atom is 0.182 e. The number of phenols is 1. The summed E-state index contributed by atoms with van der Waals surface area (Å²) in [7, 11) is 0. The van der Waals surface area contributed by atoms with Gasteiger partial charge in [0.2, 0.25) is 0 Å². The summed E-state index contributed by atoms with van der Waals surface area (Å²) in [5, 5.41) is 12.5. The van der Waals surface area contributed by atoms with Crippen molar-refractivity contribution in [2.24, 2.45) is 10.9 Å². The fourth-order valence-corrected chi connectivity index (χ4v) is 3.00. The first-order valence-electron chi connectivity index (χ1n) is 7.90. The van der Waals surface area contributed by atoms with Gasteiger partial charge in [-0.3, -0.25) is 0 Å². The quantitative estimate of drug-likeness (QED) is 0.899. The van der Waals surface area contributed by atoms with E-state index in [4.69, 9.17) is 4.99 Å². The molecule has 0 aliphatic carbocycles. The molecular weight excluding hydrogens is 272 g/mol. The number of aliphatic imine (C=N–C) groups is 1. The lowest BCUT2D eigenvalue weighted by Crippen LogP contribution is -2.93. The van der Waals surface area contributed by atoms with Crippen molar-refractivity contribution >= 4 is 5.71 Å². The Kier molecular flexibility index (Phi) is 4.25. The smallest absolute Gasteiger partial charge is 0.182 e. The molecule has 0 saturated carbocycles. The number of hydrogen-bond donors (Lipinski definition) is 2. The predicted octanol–water partition coefficient (Wildman–Crippen LogP) is 2.87. The molecule has 0 bridgehead atoms. The second-order valence-corrected chi connectivity index (χ2v) is 6.24. The van der Waals surface area contributed by atoms with Crippen LogP contribution in [0.15, 0.2) is 59.6 Å². The summed E-state index contributed by atoms with van der Waals surface area (Å²) in [5.74, 6) is 0.827. The number of aromatic hydroxyl groups is 1. The third-order valence-electron chi connectivity index (χ3n) is 4.27. The molecule has 2 aromatic carbocycles. The van der Waals surface area contributed by atoms with Crippen molar-refractivity contribution in [3.63, 3.8) is 0 Å². The fourth-order valence-electron chi connectivity index (χ4n) is 3.00. The standard InChI is InChI=1S/C19H22N2O/c1-13(2)19-20-16(14-8-4-3-5-9-14)12-17(21-19)15-10-6-7-11-18(15)22/h3-11,13,17,19,21-22H,12H2,1-2H3/p+1/t17-,19-/m0/s1. The van der Waals surface area contributed by atoms with Crippen LogP contribution in [0.3, 0.4) is 0 Å². The van der Waals surface area contributed by atoms with E-state index in [1.165, 1.54) is 5.56 Å². The van der Waals surface area contributed by atoms with Crippen LogP contribution in [0.2, 0.25) is 0 Å². The van der Waals surface area contributed by atoms with Gasteiger partial charge >= 0.3 is 0 Å². The van der Waals surface area contributed by atoms with Gasteiger partial charge in [-0.1, -0.05) is 56.3 Å². The molecular formula is C19H23N2O+. The van der Waals surface area contributed by atoms with E-state index in [0.29, 0.717) is 11.7 Å². The predicted molar refractivity (Wildman–Crippen MR) is 89.0 cm³/mol. The van der Waals surface area contributed by atoms with Crippen LogP contribution in [0.25, 0.3) is 0 Å². The fraction of sp³-hybridized carbons (Fsp3) is 0.316. The van der Waals surface area contributed by atoms with E-state index in [0.717, 1.165) is 17.7 Å². The van der Waals surface area contributed by atoms with Gasteiger partial charge < -0.3 is 10.4 Å². The lowest BCUT2D eigenvalue weighted by Gasteiger charge is -2.29. The van der Waals surface area contributed by atoms with Crippen LogP contribution in [0.4, 0.5) is 0 Å². The van der Waals surface area contributed by atoms with Crippen molar-refractivity contribution < 1.29 is 10.4 Å². The summed E-state index contributed by atoms with van der Waals surface area (Å²) in [6.07, 6.45) is 1.03. The summed E-state index contributed by atoms with van der Waals surface area (Å²) in [6, 6.07) is 18.2. The van der Waals surface area contributed by atoms with E-state index in [-0.39, 0.29) is 12.2 Å². The minimum atomic E-state index is 0.188. The Morgan fingerprint density at radius 1 is 1.05 bits per heavy atom. The maximum atomic E-state index is 10.2. The monoisotopic (exact) mass is 295 g/mol. The Morgan fingerprint density at radius 2 is 1.73 bits per heavy atom. The minimum Gasteiger partial charge on any atom is -0.507 e. The third-order valence-corrected chi connectivity index (χ3v) is 4.27. The topological polar surface area (TPSA) is 49.2 Å². The van der Waals surface area contributed by atoms with E-state index < -0.39 is 0 Å². The first-order valence-corrected chi connectivity index (χ1v) is 7.90. The van der Waals surface area contributed by atoms with Crippen molar-refractivity contribution in [2.45, 2.75) is 32.5 Å². The third kappa shape index (κ3) is 3.04. The largest absolute Gasteiger partial charge is 0.507 e. The van der Waals surface area contributed by atoms with Gasteiger partial charge in [0, 0.05) is 12.3 Å². The van der Waals surface area contributed by atoms with Crippen LogP contribution < -0.4 is 5.32 Å². The molecule has 1 aliphatic heterocycles. The van der Waals surface area contributed by atoms with Gasteiger partial charge in [0.15, 0.2) is 6.17 Å². The molecule has 1 heterocycles. The van der Waals surface area contributed by atoms with E-state index in [9.17, 15) is 5.11 Å². The molecule has 0 unspecified atom stereocenters. The molecule has 3 rings (SSSR count). The molecule has 3 nitrogen and oxygen atoms in total. The Morgan fingerprint density at radius 3 is 2.41 bits per heavy atom. The van der Waals surface area contributed by atoms with E-state index in [2.05, 4.69) is 43.4 Å². The number of nitrogens with two attached hydrogens (primary N) is 1. The molecule has 0 radical (unpaired) electrons. The van der Waals surface area contributed by atoms with Gasteiger partial charge in [0.25, 0.3) is 0 Å². The summed E-state index contributed by atoms with van der Waals surface area (Å²) in [4.78, 5) is 4.94. The number of rotatable bonds is 3. The number of quaternary nitrogens is 1. The molecule has 0 amide bonds. The van der Waals surface area contributed by atoms with Gasteiger partial charge in [0.05, 0.1) is 11.3 Å². The first kappa shape index (κ1) is 14.8. The van der Waals surface area contributed by atoms with Gasteiger partial charge in [-0.05, 0) is 17.7 Å². The molecule has 0 saturated heterocycles. The van der Waals surface area contributed by atoms with Crippen molar-refractivity contribution in [3.05, 3.63) is 65.7 Å². The van der Waals surface area contributed by atoms with Crippen molar-refractivity contribution in [2.75, 3.05) is 0 Å². The zero-order valence-corrected chi connectivity index (χ0v) is 13.1. The van der Waals surface area contributed by atoms with Crippen LogP contribution in [0.5, 0.6) is 5.75 Å². The summed E-state index contributed by atoms with van der Waals surface area (Å²) in [6.45, 7) is 4.39. The second kappa shape index (κ2) is 6.32. The highest BCUT2D eigenvalue weighted by molar-refractivity contribution is 6.01. The van der Waals surface area contributed by atoms with Gasteiger partial charge in [-0.2, -0.15) is 0 Å². The average molecular weight is 295 g/mol. The molecule has 2 atom stereocenters. The van der Waals surface area contributed by atoms with Gasteiger partial charge in [0.1, 0.15) is 11.8 Å². The first-order chi connectivity index (χ1) is 10.6. The number of hydrogen-bond acceptors (Lipinski definition) is 2. The normalized spacial score (nSPS) is 21.7. The lowest BCUT2D eigenvalue weighted by atomic mass is 9.93. The summed E-state index contributed by atoms with van der Waals surface area (Å²) < 4.78 is 0. The van der Waals surface area contributed by atoms with Crippen LogP contribution in [0, 0.1) is 5.92 Å². The van der Waals surface area contributed by atoms with Crippen molar-refractivity contribution in [3.8, 4) is 5.75 Å². The molecule has 3 N–H and O–H groups in total. The Labute approximate surface area is 131 Å². The SMILES string of the molecule is CC(C)[C@H]1N=C(c2ccccc2)C[C@@H](c2ccccc2O)[NH2+]1. The number of benzene rings is 2. The molecule has 22 heavy (non-hydrogen) atoms. The molecule has 0 spiro atoms. The van der Waals surface area contributed by atoms with E-state index >= 15 is 0 Å². The summed E-state index contributed by atoms with van der Waals surface area (Å²) >= 11 is 0. The zero-order chi connectivity index (χ0) is 15.5. The molecule has 1 aliphatic rings. The molecule has 3 heteroatoms. The minimum absolute atomic E-state index is 0.188. The van der Waals surface area contributed by atoms with Crippen LogP contribution in [-0.2, 0) is 0 Å². The zero-order valence-electron chi connectivity index (χ0n) is 13.1. The molecule has 2 aromatic rings. The Balaban J connectivity index is 1.96. The Hall–Kier alpha value is -2.13. The second-order valence-electron chi connectivity index (χ2n) is 6.24. The van der Waals surface area contributed by atoms with E-state index in [1.807, 2.05) is 24.3 Å². The maximum absolute atomic E-state index is 10.2. The van der Waals surface area contributed by atoms with Crippen LogP contribution in [0.1, 0.15) is 37.4 Å². The van der Waals surface area contributed by atoms with Crippen molar-refractivity contribution in [1.82, 2.24) is 0 Å². The highest BCUT2D eigenvalue weighted by Crippen LogP contribution is 2.27. The van der Waals surface area contributed by atoms with Gasteiger partial charge in [-0.25, -0.2) is 4.99 Å². The number of phenolic OH excluding ortho intramolecular Hbond substituents is 1. The number of nitrogens with zero attached hydrogens (tertiary/aromatic N) is 1. The lowest BCUT2D eigenvalue weighted by molar-refractivity contribution is -0.733.